The van der Waals surface area contributed by atoms with Gasteiger partial charge in [0.1, 0.15) is 53.9 Å². The van der Waals surface area contributed by atoms with Gasteiger partial charge in [-0.15, -0.1) is 0 Å². The Balaban J connectivity index is 1.16. The van der Waals surface area contributed by atoms with E-state index in [1.807, 2.05) is 74.5 Å². The Kier molecular flexibility index (Phi) is 32.1. The number of carbonyl (C=O) groups is 13. The number of nitrogens with two attached hydrogens (primary N) is 2. The summed E-state index contributed by atoms with van der Waals surface area (Å²) in [6.45, 7) is 8.50. The summed E-state index contributed by atoms with van der Waals surface area (Å²) in [4.78, 5) is 183. The maximum Gasteiger partial charge on any atom is 0.305 e. The van der Waals surface area contributed by atoms with Crippen molar-refractivity contribution in [1.29, 1.82) is 0 Å². The van der Waals surface area contributed by atoms with Crippen molar-refractivity contribution in [2.24, 2.45) is 11.5 Å². The molecule has 0 saturated heterocycles. The van der Waals surface area contributed by atoms with Crippen molar-refractivity contribution in [2.75, 3.05) is 13.2 Å². The summed E-state index contributed by atoms with van der Waals surface area (Å²) in [5.74, 6) is -15.1. The summed E-state index contributed by atoms with van der Waals surface area (Å²) >= 11 is 0. The molecule has 0 radical (unpaired) electrons. The number of carboxylic acids is 2. The lowest BCUT2D eigenvalue weighted by molar-refractivity contribution is -0.142. The van der Waals surface area contributed by atoms with Crippen molar-refractivity contribution in [3.8, 4) is 22.3 Å². The van der Waals surface area contributed by atoms with Crippen molar-refractivity contribution >= 4 is 76.9 Å². The zero-order valence-corrected chi connectivity index (χ0v) is 61.0. The van der Waals surface area contributed by atoms with Gasteiger partial charge in [-0.1, -0.05) is 135 Å². The van der Waals surface area contributed by atoms with Crippen LogP contribution in [-0.4, -0.2) is 198 Å². The first kappa shape index (κ1) is 85.2. The van der Waals surface area contributed by atoms with E-state index in [4.69, 9.17) is 11.5 Å². The van der Waals surface area contributed by atoms with Gasteiger partial charge in [0.05, 0.1) is 44.1 Å². The second-order valence-corrected chi connectivity index (χ2v) is 26.5. The highest BCUT2D eigenvalue weighted by atomic mass is 16.4. The van der Waals surface area contributed by atoms with Crippen LogP contribution in [0.5, 0.6) is 0 Å². The van der Waals surface area contributed by atoms with E-state index >= 15 is 0 Å². The first-order valence-electron chi connectivity index (χ1n) is 35.1. The summed E-state index contributed by atoms with van der Waals surface area (Å²) in [5, 5.41) is 75.6. The van der Waals surface area contributed by atoms with Crippen LogP contribution in [0, 0.1) is 6.92 Å². The maximum absolute atomic E-state index is 14.7. The number of aliphatic hydroxyl groups is 3. The molecule has 0 unspecified atom stereocenters. The van der Waals surface area contributed by atoms with E-state index in [9.17, 15) is 87.9 Å². The zero-order chi connectivity index (χ0) is 79.5. The van der Waals surface area contributed by atoms with Gasteiger partial charge in [-0.2, -0.15) is 0 Å². The zero-order valence-electron chi connectivity index (χ0n) is 61.0. The van der Waals surface area contributed by atoms with Gasteiger partial charge >= 0.3 is 11.9 Å². The quantitative estimate of drug-likeness (QED) is 0.0224. The third-order valence-corrected chi connectivity index (χ3v) is 17.9. The van der Waals surface area contributed by atoms with E-state index in [1.165, 1.54) is 26.4 Å². The fourth-order valence-electron chi connectivity index (χ4n) is 11.6. The molecular weight excluding hydrogens is 1400 g/mol. The number of aromatic amines is 1. The van der Waals surface area contributed by atoms with Crippen LogP contribution in [0.25, 0.3) is 22.3 Å². The molecule has 1 aromatic heterocycles. The lowest BCUT2D eigenvalue weighted by Crippen LogP contribution is -2.67. The molecule has 32 nitrogen and oxygen atoms in total. The number of primary amides is 1. The van der Waals surface area contributed by atoms with Gasteiger partial charge in [-0.25, -0.2) is 4.98 Å². The topological polar surface area (TPSA) is 524 Å². The number of amides is 11. The van der Waals surface area contributed by atoms with Crippen LogP contribution in [0.4, 0.5) is 0 Å². The number of aliphatic hydroxyl groups excluding tert-OH is 3. The maximum atomic E-state index is 14.7. The molecule has 12 atom stereocenters. The van der Waals surface area contributed by atoms with Gasteiger partial charge in [-0.3, -0.25) is 62.3 Å². The second-order valence-electron chi connectivity index (χ2n) is 26.5. The van der Waals surface area contributed by atoms with Crippen molar-refractivity contribution in [3.63, 3.8) is 0 Å². The lowest BCUT2D eigenvalue weighted by atomic mass is 9.90. The molecule has 0 aliphatic carbocycles. The average molecular weight is 1490 g/mol. The van der Waals surface area contributed by atoms with Crippen LogP contribution < -0.4 is 64.6 Å². The van der Waals surface area contributed by atoms with E-state index < -0.39 is 181 Å². The number of carboxylic acid groups (broad SMARTS) is 2. The standard InChI is InChI=1S/C76H96N14O18/c1-8-45-23-28-54(49(9-2)31-45)51-26-21-47(22-27-51)33-58(70(103)84-57(66(78)99)32-46-19-24-50(25-20-46)53-18-14-13-15-41(53)3)85-71(104)59(35-63(97)98)86-72(105)60(39-91)87-73(106)64(43(5)92)89-75(108)76(7,36-48-16-11-10-12-17-48)90-74(107)65(44(6)93)88-61(94)38-80-69(102)56(29-30-62(95)96)83-67(100)42(4)82-68(101)55(77)34-52-37-79-40-81-52/h10-28,31,37,40,42-44,55-60,64-65,91-93H,8-9,29-30,32-36,38-39,77H2,1-7H3,(H2,78,99)(H,79,81)(H,80,102)(H,82,101)(H,83,100)(H,84,103)(H,85,104)(H,86,105)(H,87,106)(H,88,94)(H,89,108)(H,90,107)(H,95,96)(H,97,98)/t42-,43+,44+,55-,56-,57-,58-,59-,60-,64-,65-,76-/m0/s1. The van der Waals surface area contributed by atoms with Gasteiger partial charge in [0.25, 0.3) is 0 Å². The van der Waals surface area contributed by atoms with Crippen LogP contribution in [-0.2, 0) is 101 Å². The van der Waals surface area contributed by atoms with Crippen molar-refractivity contribution in [3.05, 3.63) is 173 Å². The lowest BCUT2D eigenvalue weighted by Gasteiger charge is -2.34. The Hall–Kier alpha value is -11.7. The number of rotatable bonds is 41. The van der Waals surface area contributed by atoms with Crippen molar-refractivity contribution in [1.82, 2.24) is 63.1 Å². The molecule has 578 valence electrons. The summed E-state index contributed by atoms with van der Waals surface area (Å²) in [6.07, 6.45) is -2.12. The predicted octanol–water partition coefficient (Wildman–Crippen LogP) is -0.757. The molecule has 0 spiro atoms. The molecule has 108 heavy (non-hydrogen) atoms. The third-order valence-electron chi connectivity index (χ3n) is 17.9. The van der Waals surface area contributed by atoms with Crippen molar-refractivity contribution < 1.29 is 87.9 Å². The van der Waals surface area contributed by atoms with E-state index in [0.29, 0.717) is 22.4 Å². The Labute approximate surface area is 623 Å². The van der Waals surface area contributed by atoms with E-state index in [1.54, 1.807) is 54.6 Å². The predicted molar refractivity (Wildman–Crippen MR) is 395 cm³/mol. The fraction of sp³-hybridized carbons (Fsp3) is 0.395. The molecule has 6 aromatic rings. The number of nitrogens with one attached hydrogen (secondary N) is 11. The number of aliphatic carboxylic acids is 2. The highest BCUT2D eigenvalue weighted by Gasteiger charge is 2.42. The van der Waals surface area contributed by atoms with Crippen LogP contribution in [0.2, 0.25) is 0 Å². The number of carbonyl (C=O) groups excluding carboxylic acids is 11. The largest absolute Gasteiger partial charge is 0.481 e. The van der Waals surface area contributed by atoms with Gasteiger partial charge in [0, 0.05) is 44.0 Å². The minimum Gasteiger partial charge on any atom is -0.481 e. The monoisotopic (exact) mass is 1490 g/mol. The van der Waals surface area contributed by atoms with Crippen LogP contribution in [0.15, 0.2) is 134 Å². The minimum absolute atomic E-state index is 0.0339. The normalized spacial score (nSPS) is 14.7. The second kappa shape index (κ2) is 40.7. The van der Waals surface area contributed by atoms with Gasteiger partial charge in [0.2, 0.25) is 65.0 Å². The van der Waals surface area contributed by atoms with Crippen LogP contribution in [0.1, 0.15) is 99.9 Å². The Bertz CT molecular complexity index is 4140. The number of aromatic nitrogens is 2. The molecule has 32 heteroatoms. The molecular formula is C76H96N14O18. The number of imidazole rings is 1. The smallest absolute Gasteiger partial charge is 0.305 e. The van der Waals surface area contributed by atoms with Gasteiger partial charge in [0.15, 0.2) is 0 Å². The first-order chi connectivity index (χ1) is 51.2. The SMILES string of the molecule is CCc1ccc(-c2ccc(C[C@H](NC(=O)[C@H](CC(=O)O)NC(=O)[C@H](CO)NC(=O)[C@@H](NC(=O)[C@](C)(Cc3ccccc3)NC(=O)[C@@H](NC(=O)CNC(=O)[C@H](CCC(=O)O)NC(=O)[C@H](C)NC(=O)[C@@H](N)Cc3cnc[nH]3)[C@@H](C)O)[C@@H](C)O)C(=O)N[C@@H](Cc3ccc(-c4ccccc4C)cc3)C(N)=O)cc2)c(CC)c1. The van der Waals surface area contributed by atoms with Crippen LogP contribution in [0.3, 0.4) is 0 Å². The third kappa shape index (κ3) is 25.5. The van der Waals surface area contributed by atoms with E-state index in [0.717, 1.165) is 65.6 Å². The highest BCUT2D eigenvalue weighted by molar-refractivity contribution is 6.00. The first-order valence-corrected chi connectivity index (χ1v) is 35.1. The van der Waals surface area contributed by atoms with Gasteiger partial charge in [-0.05, 0) is 110 Å². The fourth-order valence-corrected chi connectivity index (χ4v) is 11.6. The summed E-state index contributed by atoms with van der Waals surface area (Å²) in [7, 11) is 0. The minimum atomic E-state index is -2.17. The van der Waals surface area contributed by atoms with E-state index in [2.05, 4.69) is 76.1 Å². The van der Waals surface area contributed by atoms with Gasteiger partial charge < -0.3 is 95.2 Å². The molecule has 0 aliphatic heterocycles. The summed E-state index contributed by atoms with van der Waals surface area (Å²) < 4.78 is 0. The number of hydrogen-bond acceptors (Lipinski definition) is 18. The summed E-state index contributed by atoms with van der Waals surface area (Å²) in [6, 6.07) is 21.3. The van der Waals surface area contributed by atoms with Crippen molar-refractivity contribution in [2.45, 2.75) is 178 Å². The molecule has 1 heterocycles. The number of H-pyrrole nitrogens is 1. The molecule has 0 bridgehead atoms. The van der Waals surface area contributed by atoms with Crippen LogP contribution >= 0.6 is 0 Å². The molecule has 0 fully saturated rings. The number of aryl methyl sites for hydroxylation is 3. The van der Waals surface area contributed by atoms with E-state index in [-0.39, 0.29) is 25.7 Å². The Morgan fingerprint density at radius 1 is 0.537 bits per heavy atom. The Morgan fingerprint density at radius 2 is 1.08 bits per heavy atom. The number of benzene rings is 5. The Morgan fingerprint density at radius 3 is 1.65 bits per heavy atom. The highest BCUT2D eigenvalue weighted by Crippen LogP contribution is 2.28. The molecule has 0 saturated carbocycles. The average Bonchev–Trinajstić information content (AvgIpc) is 1.06. The molecule has 0 aliphatic rings. The number of hydrogen-bond donors (Lipinski definition) is 18. The molecule has 5 aromatic carbocycles. The number of nitrogens with zero attached hydrogens (tertiary/aromatic N) is 1. The molecule has 20 N–H and O–H groups in total. The molecule has 6 rings (SSSR count). The molecule has 11 amide bonds. The summed E-state index contributed by atoms with van der Waals surface area (Å²) in [5.41, 5.74) is 18.7.